The van der Waals surface area contributed by atoms with E-state index in [4.69, 9.17) is 0 Å². The Morgan fingerprint density at radius 3 is 2.86 bits per heavy atom. The maximum absolute atomic E-state index is 12.6. The van der Waals surface area contributed by atoms with Crippen LogP contribution in [-0.4, -0.2) is 71.7 Å². The van der Waals surface area contributed by atoms with Crippen molar-refractivity contribution in [3.05, 3.63) is 23.9 Å². The fourth-order valence-electron chi connectivity index (χ4n) is 2.71. The topological polar surface area (TPSA) is 68.7 Å². The van der Waals surface area contributed by atoms with Crippen molar-refractivity contribution in [2.45, 2.75) is 25.5 Å². The second-order valence-corrected chi connectivity index (χ2v) is 5.73. The number of likely N-dealkylation sites (tertiary alicyclic amines) is 1. The summed E-state index contributed by atoms with van der Waals surface area (Å²) in [7, 11) is 3.94. The van der Waals surface area contributed by atoms with Crippen LogP contribution < -0.4 is 5.32 Å². The van der Waals surface area contributed by atoms with Crippen molar-refractivity contribution in [2.24, 2.45) is 0 Å². The van der Waals surface area contributed by atoms with Crippen molar-refractivity contribution in [3.63, 3.8) is 0 Å². The standard InChI is InChI=1S/C15H24N4O2/c1-4-16-14-6-5-11(8-17-14)15(21)19-10-13(20)7-12(19)9-18(2)3/h5-6,8,12-13,20H,4,7,9-10H2,1-3H3,(H,16,17). The Labute approximate surface area is 125 Å². The van der Waals surface area contributed by atoms with Gasteiger partial charge in [-0.3, -0.25) is 4.79 Å². The van der Waals surface area contributed by atoms with Crippen LogP contribution in [0.15, 0.2) is 18.3 Å². The summed E-state index contributed by atoms with van der Waals surface area (Å²) in [4.78, 5) is 20.6. The van der Waals surface area contributed by atoms with Crippen molar-refractivity contribution in [3.8, 4) is 0 Å². The zero-order chi connectivity index (χ0) is 15.4. The van der Waals surface area contributed by atoms with Crippen LogP contribution in [0.4, 0.5) is 5.82 Å². The lowest BCUT2D eigenvalue weighted by Crippen LogP contribution is -2.41. The fraction of sp³-hybridized carbons (Fsp3) is 0.600. The quantitative estimate of drug-likeness (QED) is 0.834. The van der Waals surface area contributed by atoms with Gasteiger partial charge in [0.15, 0.2) is 0 Å². The number of hydrogen-bond acceptors (Lipinski definition) is 5. The Kier molecular flexibility index (Phi) is 5.14. The number of carbonyl (C=O) groups is 1. The van der Waals surface area contributed by atoms with E-state index in [1.807, 2.05) is 32.0 Å². The van der Waals surface area contributed by atoms with Gasteiger partial charge in [-0.05, 0) is 39.6 Å². The highest BCUT2D eigenvalue weighted by Crippen LogP contribution is 2.21. The van der Waals surface area contributed by atoms with Crippen molar-refractivity contribution >= 4 is 11.7 Å². The lowest BCUT2D eigenvalue weighted by atomic mass is 10.1. The SMILES string of the molecule is CCNc1ccc(C(=O)N2CC(O)CC2CN(C)C)cn1. The van der Waals surface area contributed by atoms with Crippen LogP contribution in [0.1, 0.15) is 23.7 Å². The maximum atomic E-state index is 12.6. The van der Waals surface area contributed by atoms with Crippen molar-refractivity contribution in [1.29, 1.82) is 0 Å². The summed E-state index contributed by atoms with van der Waals surface area (Å²) in [5.74, 6) is 0.703. The van der Waals surface area contributed by atoms with Gasteiger partial charge in [0.05, 0.1) is 11.7 Å². The normalized spacial score (nSPS) is 21.9. The average molecular weight is 292 g/mol. The first-order chi connectivity index (χ1) is 10.0. The van der Waals surface area contributed by atoms with E-state index in [1.54, 1.807) is 17.2 Å². The number of aliphatic hydroxyl groups is 1. The van der Waals surface area contributed by atoms with Crippen LogP contribution in [0.2, 0.25) is 0 Å². The predicted octanol–water partition coefficient (Wildman–Crippen LogP) is 0.650. The summed E-state index contributed by atoms with van der Waals surface area (Å²) in [6.07, 6.45) is 1.79. The lowest BCUT2D eigenvalue weighted by molar-refractivity contribution is 0.0699. The molecule has 21 heavy (non-hydrogen) atoms. The fourth-order valence-corrected chi connectivity index (χ4v) is 2.71. The molecule has 1 fully saturated rings. The van der Waals surface area contributed by atoms with Crippen LogP contribution in [0.3, 0.4) is 0 Å². The molecule has 1 aliphatic heterocycles. The number of pyridine rings is 1. The molecule has 2 unspecified atom stereocenters. The number of nitrogens with zero attached hydrogens (tertiary/aromatic N) is 3. The Bertz CT molecular complexity index is 475. The Balaban J connectivity index is 2.10. The van der Waals surface area contributed by atoms with Gasteiger partial charge in [0, 0.05) is 31.9 Å². The number of hydrogen-bond donors (Lipinski definition) is 2. The number of rotatable bonds is 5. The molecule has 2 atom stereocenters. The number of β-amino-alcohol motifs (C(OH)–C–C–N with tert-alkyl or cyclic N) is 1. The predicted molar refractivity (Wildman–Crippen MR) is 82.4 cm³/mol. The number of anilines is 1. The van der Waals surface area contributed by atoms with Crippen LogP contribution in [-0.2, 0) is 0 Å². The van der Waals surface area contributed by atoms with Gasteiger partial charge < -0.3 is 20.2 Å². The van der Waals surface area contributed by atoms with Crippen LogP contribution >= 0.6 is 0 Å². The second-order valence-electron chi connectivity index (χ2n) is 5.73. The summed E-state index contributed by atoms with van der Waals surface area (Å²) >= 11 is 0. The molecule has 6 nitrogen and oxygen atoms in total. The minimum Gasteiger partial charge on any atom is -0.391 e. The summed E-state index contributed by atoms with van der Waals surface area (Å²) in [6, 6.07) is 3.64. The molecule has 2 N–H and O–H groups in total. The minimum atomic E-state index is -0.437. The number of aliphatic hydroxyl groups excluding tert-OH is 1. The van der Waals surface area contributed by atoms with Crippen molar-refractivity contribution < 1.29 is 9.90 Å². The van der Waals surface area contributed by atoms with Gasteiger partial charge in [0.1, 0.15) is 5.82 Å². The van der Waals surface area contributed by atoms with Gasteiger partial charge in [-0.15, -0.1) is 0 Å². The average Bonchev–Trinajstić information content (AvgIpc) is 2.79. The molecule has 1 saturated heterocycles. The second kappa shape index (κ2) is 6.87. The van der Waals surface area contributed by atoms with Crippen molar-refractivity contribution in [1.82, 2.24) is 14.8 Å². The molecule has 1 aromatic rings. The molecular weight excluding hydrogens is 268 g/mol. The smallest absolute Gasteiger partial charge is 0.255 e. The van der Waals surface area contributed by atoms with Gasteiger partial charge in [-0.25, -0.2) is 4.98 Å². The number of aromatic nitrogens is 1. The molecular formula is C15H24N4O2. The summed E-state index contributed by atoms with van der Waals surface area (Å²) < 4.78 is 0. The van der Waals surface area contributed by atoms with Crippen LogP contribution in [0.25, 0.3) is 0 Å². The van der Waals surface area contributed by atoms with E-state index in [-0.39, 0.29) is 11.9 Å². The van der Waals surface area contributed by atoms with Gasteiger partial charge in [-0.2, -0.15) is 0 Å². The third kappa shape index (κ3) is 3.92. The van der Waals surface area contributed by atoms with Crippen LogP contribution in [0, 0.1) is 0 Å². The van der Waals surface area contributed by atoms with Gasteiger partial charge >= 0.3 is 0 Å². The van der Waals surface area contributed by atoms with Gasteiger partial charge in [-0.1, -0.05) is 0 Å². The van der Waals surface area contributed by atoms with E-state index in [1.165, 1.54) is 0 Å². The molecule has 1 amide bonds. The number of nitrogens with one attached hydrogen (secondary N) is 1. The van der Waals surface area contributed by atoms with E-state index < -0.39 is 6.10 Å². The number of likely N-dealkylation sites (N-methyl/N-ethyl adjacent to an activating group) is 1. The zero-order valence-corrected chi connectivity index (χ0v) is 12.9. The van der Waals surface area contributed by atoms with E-state index >= 15 is 0 Å². The van der Waals surface area contributed by atoms with E-state index in [9.17, 15) is 9.90 Å². The molecule has 0 bridgehead atoms. The first-order valence-electron chi connectivity index (χ1n) is 7.35. The third-order valence-electron chi connectivity index (χ3n) is 3.60. The monoisotopic (exact) mass is 292 g/mol. The van der Waals surface area contributed by atoms with E-state index in [0.29, 0.717) is 18.5 Å². The Morgan fingerprint density at radius 2 is 2.29 bits per heavy atom. The van der Waals surface area contributed by atoms with Gasteiger partial charge in [0.25, 0.3) is 5.91 Å². The Morgan fingerprint density at radius 1 is 1.52 bits per heavy atom. The molecule has 0 saturated carbocycles. The first kappa shape index (κ1) is 15.7. The van der Waals surface area contributed by atoms with Crippen LogP contribution in [0.5, 0.6) is 0 Å². The maximum Gasteiger partial charge on any atom is 0.255 e. The molecule has 1 aromatic heterocycles. The zero-order valence-electron chi connectivity index (χ0n) is 12.9. The van der Waals surface area contributed by atoms with Gasteiger partial charge in [0.2, 0.25) is 0 Å². The molecule has 0 aliphatic carbocycles. The summed E-state index contributed by atoms with van der Waals surface area (Å²) in [6.45, 7) is 3.94. The van der Waals surface area contributed by atoms with Crippen molar-refractivity contribution in [2.75, 3.05) is 39.0 Å². The number of amides is 1. The molecule has 2 heterocycles. The third-order valence-corrected chi connectivity index (χ3v) is 3.60. The molecule has 0 radical (unpaired) electrons. The number of carbonyl (C=O) groups excluding carboxylic acids is 1. The molecule has 0 spiro atoms. The Hall–Kier alpha value is -1.66. The first-order valence-corrected chi connectivity index (χ1v) is 7.35. The molecule has 0 aromatic carbocycles. The molecule has 2 rings (SSSR count). The summed E-state index contributed by atoms with van der Waals surface area (Å²) in [5, 5.41) is 13.0. The van der Waals surface area contributed by atoms with E-state index in [2.05, 4.69) is 10.3 Å². The highest BCUT2D eigenvalue weighted by Gasteiger charge is 2.34. The molecule has 6 heteroatoms. The largest absolute Gasteiger partial charge is 0.391 e. The highest BCUT2D eigenvalue weighted by atomic mass is 16.3. The lowest BCUT2D eigenvalue weighted by Gasteiger charge is -2.26. The molecule has 1 aliphatic rings. The molecule has 116 valence electrons. The van der Waals surface area contributed by atoms with E-state index in [0.717, 1.165) is 18.9 Å². The summed E-state index contributed by atoms with van der Waals surface area (Å²) in [5.41, 5.74) is 0.564. The minimum absolute atomic E-state index is 0.0518. The highest BCUT2D eigenvalue weighted by molar-refractivity contribution is 5.94.